The van der Waals surface area contributed by atoms with Crippen molar-refractivity contribution in [2.75, 3.05) is 19.8 Å². The molecule has 1 aromatic carbocycles. The summed E-state index contributed by atoms with van der Waals surface area (Å²) in [6, 6.07) is 8.53. The number of alkyl carbamates (subject to hydrolysis) is 1. The first-order valence-electron chi connectivity index (χ1n) is 14.9. The number of benzene rings is 1. The van der Waals surface area contributed by atoms with Crippen molar-refractivity contribution >= 4 is 23.8 Å². The van der Waals surface area contributed by atoms with Crippen molar-refractivity contribution in [1.29, 1.82) is 5.26 Å². The molecule has 0 aliphatic carbocycles. The highest BCUT2D eigenvalue weighted by Gasteiger charge is 2.49. The van der Waals surface area contributed by atoms with E-state index in [2.05, 4.69) is 22.0 Å². The van der Waals surface area contributed by atoms with Gasteiger partial charge in [0.05, 0.1) is 12.7 Å². The molecule has 11 nitrogen and oxygen atoms in total. The Kier molecular flexibility index (Phi) is 10.1. The fourth-order valence-electron chi connectivity index (χ4n) is 6.29. The second-order valence-corrected chi connectivity index (χ2v) is 12.7. The summed E-state index contributed by atoms with van der Waals surface area (Å²) < 4.78 is 11.5. The Balaban J connectivity index is 1.61. The highest BCUT2D eigenvalue weighted by molar-refractivity contribution is 5.93. The molecule has 3 heterocycles. The number of rotatable bonds is 4. The Bertz CT molecular complexity index is 1180. The van der Waals surface area contributed by atoms with Crippen molar-refractivity contribution in [2.24, 2.45) is 23.2 Å². The Morgan fingerprint density at radius 3 is 2.57 bits per heavy atom. The SMILES string of the molecule is CC(C)[C@H]1CCN2C(=O)[C@@H](NC(=O)OCc3ccccc3)C(C)(C)COCC[C@@H]3C[C@@H](C[C@@H](C#N)NC(=O)[C@H]12)C(=O)N3. The van der Waals surface area contributed by atoms with Gasteiger partial charge in [0, 0.05) is 30.5 Å². The number of fused-ring (bicyclic) bond motifs is 3. The van der Waals surface area contributed by atoms with E-state index in [4.69, 9.17) is 9.47 Å². The number of carbonyl (C=O) groups excluding carboxylic acids is 4. The molecule has 0 saturated carbocycles. The molecule has 3 saturated heterocycles. The molecule has 2 bridgehead atoms. The van der Waals surface area contributed by atoms with E-state index in [1.54, 1.807) is 0 Å². The summed E-state index contributed by atoms with van der Waals surface area (Å²) in [5.41, 5.74) is -0.0584. The third-order valence-electron chi connectivity index (χ3n) is 8.72. The van der Waals surface area contributed by atoms with Crippen LogP contribution in [0, 0.1) is 34.5 Å². The second kappa shape index (κ2) is 13.6. The number of ether oxygens (including phenoxy) is 2. The third kappa shape index (κ3) is 7.40. The summed E-state index contributed by atoms with van der Waals surface area (Å²) in [6.07, 6.45) is 1.18. The molecule has 228 valence electrons. The molecule has 3 N–H and O–H groups in total. The molecule has 6 atom stereocenters. The minimum Gasteiger partial charge on any atom is -0.445 e. The van der Waals surface area contributed by atoms with Crippen molar-refractivity contribution in [2.45, 2.75) is 84.2 Å². The summed E-state index contributed by atoms with van der Waals surface area (Å²) in [5.74, 6) is -1.40. The van der Waals surface area contributed by atoms with E-state index in [0.29, 0.717) is 32.4 Å². The van der Waals surface area contributed by atoms with Gasteiger partial charge in [0.2, 0.25) is 17.7 Å². The molecule has 3 fully saturated rings. The van der Waals surface area contributed by atoms with Crippen LogP contribution in [0.3, 0.4) is 0 Å². The zero-order valence-electron chi connectivity index (χ0n) is 24.9. The van der Waals surface area contributed by atoms with Gasteiger partial charge >= 0.3 is 6.09 Å². The maximum absolute atomic E-state index is 14.3. The summed E-state index contributed by atoms with van der Waals surface area (Å²) in [7, 11) is 0. The summed E-state index contributed by atoms with van der Waals surface area (Å²) in [6.45, 7) is 8.55. The molecule has 42 heavy (non-hydrogen) atoms. The Hall–Kier alpha value is -3.65. The van der Waals surface area contributed by atoms with Gasteiger partial charge in [-0.25, -0.2) is 4.79 Å². The third-order valence-corrected chi connectivity index (χ3v) is 8.72. The number of amides is 4. The van der Waals surface area contributed by atoms with Crippen LogP contribution in [0.1, 0.15) is 58.9 Å². The predicted octanol–water partition coefficient (Wildman–Crippen LogP) is 2.50. The van der Waals surface area contributed by atoms with E-state index >= 15 is 0 Å². The molecule has 3 aliphatic rings. The van der Waals surface area contributed by atoms with Gasteiger partial charge in [-0.3, -0.25) is 14.4 Å². The lowest BCUT2D eigenvalue weighted by atomic mass is 9.83. The van der Waals surface area contributed by atoms with Gasteiger partial charge in [-0.1, -0.05) is 58.0 Å². The lowest BCUT2D eigenvalue weighted by molar-refractivity contribution is -0.144. The van der Waals surface area contributed by atoms with E-state index in [0.717, 1.165) is 5.56 Å². The number of nitriles is 1. The second-order valence-electron chi connectivity index (χ2n) is 12.7. The van der Waals surface area contributed by atoms with Gasteiger partial charge in [-0.2, -0.15) is 5.26 Å². The first-order chi connectivity index (χ1) is 20.0. The Morgan fingerprint density at radius 1 is 1.14 bits per heavy atom. The molecule has 0 spiro atoms. The molecule has 11 heteroatoms. The maximum Gasteiger partial charge on any atom is 0.408 e. The van der Waals surface area contributed by atoms with Crippen LogP contribution in [0.15, 0.2) is 30.3 Å². The van der Waals surface area contributed by atoms with Crippen molar-refractivity contribution in [3.8, 4) is 6.07 Å². The van der Waals surface area contributed by atoms with Gasteiger partial charge in [0.15, 0.2) is 0 Å². The quantitative estimate of drug-likeness (QED) is 0.495. The maximum atomic E-state index is 14.3. The van der Waals surface area contributed by atoms with Gasteiger partial charge in [0.1, 0.15) is 24.7 Å². The molecular weight excluding hydrogens is 538 g/mol. The van der Waals surface area contributed by atoms with E-state index in [1.165, 1.54) is 4.90 Å². The van der Waals surface area contributed by atoms with Crippen molar-refractivity contribution < 1.29 is 28.7 Å². The summed E-state index contributed by atoms with van der Waals surface area (Å²) in [5, 5.41) is 18.5. The van der Waals surface area contributed by atoms with Crippen LogP contribution in [0.5, 0.6) is 0 Å². The van der Waals surface area contributed by atoms with Crippen LogP contribution < -0.4 is 16.0 Å². The first kappa shape index (κ1) is 31.3. The van der Waals surface area contributed by atoms with Crippen LogP contribution in [0.4, 0.5) is 4.79 Å². The molecule has 4 amide bonds. The largest absolute Gasteiger partial charge is 0.445 e. The molecule has 3 aliphatic heterocycles. The van der Waals surface area contributed by atoms with E-state index < -0.39 is 41.4 Å². The zero-order valence-corrected chi connectivity index (χ0v) is 24.9. The van der Waals surface area contributed by atoms with Crippen LogP contribution in [-0.4, -0.2) is 72.6 Å². The highest BCUT2D eigenvalue weighted by Crippen LogP contribution is 2.34. The summed E-state index contributed by atoms with van der Waals surface area (Å²) in [4.78, 5) is 55.2. The standard InChI is InChI=1S/C31H43N5O6/c1-19(2)24-10-12-36-25(24)28(38)34-23(16-32)15-21-14-22(33-27(21)37)11-13-41-18-31(3,4)26(29(36)39)35-30(40)42-17-20-8-6-5-7-9-20/h5-9,19,21-26H,10-15,17-18H2,1-4H3,(H,33,37)(H,34,38)(H,35,40)/t21-,22+,23-,24+,25-,26+/m0/s1. The molecule has 0 unspecified atom stereocenters. The van der Waals surface area contributed by atoms with Gasteiger partial charge < -0.3 is 30.3 Å². The smallest absolute Gasteiger partial charge is 0.408 e. The van der Waals surface area contributed by atoms with E-state index in [-0.39, 0.29) is 49.3 Å². The normalized spacial score (nSPS) is 30.2. The average Bonchev–Trinajstić information content (AvgIpc) is 3.56. The predicted molar refractivity (Wildman–Crippen MR) is 153 cm³/mol. The number of nitrogens with zero attached hydrogens (tertiary/aromatic N) is 2. The van der Waals surface area contributed by atoms with E-state index in [9.17, 15) is 24.4 Å². The monoisotopic (exact) mass is 581 g/mol. The van der Waals surface area contributed by atoms with Crippen LogP contribution in [0.25, 0.3) is 0 Å². The van der Waals surface area contributed by atoms with Gasteiger partial charge in [0.25, 0.3) is 0 Å². The molecule has 0 aromatic heterocycles. The molecule has 4 rings (SSSR count). The fourth-order valence-corrected chi connectivity index (χ4v) is 6.29. The van der Waals surface area contributed by atoms with E-state index in [1.807, 2.05) is 58.0 Å². The van der Waals surface area contributed by atoms with Crippen LogP contribution in [0.2, 0.25) is 0 Å². The van der Waals surface area contributed by atoms with Crippen molar-refractivity contribution in [3.05, 3.63) is 35.9 Å². The lowest BCUT2D eigenvalue weighted by Gasteiger charge is -2.38. The fraction of sp³-hybridized carbons (Fsp3) is 0.645. The number of hydrogen-bond donors (Lipinski definition) is 3. The Labute approximate surface area is 247 Å². The minimum atomic E-state index is -1.04. The van der Waals surface area contributed by atoms with Crippen LogP contribution in [-0.2, 0) is 30.5 Å². The first-order valence-corrected chi connectivity index (χ1v) is 14.9. The average molecular weight is 582 g/mol. The zero-order chi connectivity index (χ0) is 30.4. The Morgan fingerprint density at radius 2 is 1.88 bits per heavy atom. The summed E-state index contributed by atoms with van der Waals surface area (Å²) >= 11 is 0. The minimum absolute atomic E-state index is 0.0400. The highest BCUT2D eigenvalue weighted by atomic mass is 16.5. The van der Waals surface area contributed by atoms with Crippen molar-refractivity contribution in [1.82, 2.24) is 20.9 Å². The molecule has 0 radical (unpaired) electrons. The van der Waals surface area contributed by atoms with Gasteiger partial charge in [-0.05, 0) is 43.1 Å². The topological polar surface area (TPSA) is 150 Å². The number of hydrogen-bond acceptors (Lipinski definition) is 7. The molecular formula is C31H43N5O6. The van der Waals surface area contributed by atoms with Crippen molar-refractivity contribution in [3.63, 3.8) is 0 Å². The lowest BCUT2D eigenvalue weighted by Crippen LogP contribution is -2.60. The number of nitrogens with one attached hydrogen (secondary N) is 3. The number of carbonyl (C=O) groups is 4. The van der Waals surface area contributed by atoms with Gasteiger partial charge in [-0.15, -0.1) is 0 Å². The van der Waals surface area contributed by atoms with Crippen LogP contribution >= 0.6 is 0 Å². The molecule has 1 aromatic rings.